The second-order valence-corrected chi connectivity index (χ2v) is 9.09. The van der Waals surface area contributed by atoms with Gasteiger partial charge in [-0.3, -0.25) is 9.97 Å². The molecule has 0 aromatic carbocycles. The SMILES string of the molecule is CC(C)(C)c1ccnc2nc(CC(C)(C)c3ccnc4cnccc34)ccc12. The quantitative estimate of drug-likeness (QED) is 0.485. The van der Waals surface area contributed by atoms with E-state index >= 15 is 0 Å². The summed E-state index contributed by atoms with van der Waals surface area (Å²) in [6, 6.07) is 10.6. The lowest BCUT2D eigenvalue weighted by Gasteiger charge is -2.26. The summed E-state index contributed by atoms with van der Waals surface area (Å²) in [6.07, 6.45) is 8.21. The van der Waals surface area contributed by atoms with E-state index in [1.807, 2.05) is 30.9 Å². The number of nitrogens with zero attached hydrogens (tertiary/aromatic N) is 4. The molecule has 4 nitrogen and oxygen atoms in total. The predicted octanol–water partition coefficient (Wildman–Crippen LogP) is 5.39. The monoisotopic (exact) mass is 370 g/mol. The van der Waals surface area contributed by atoms with E-state index < -0.39 is 0 Å². The van der Waals surface area contributed by atoms with Crippen LogP contribution in [-0.2, 0) is 17.3 Å². The van der Waals surface area contributed by atoms with Gasteiger partial charge in [0.15, 0.2) is 5.65 Å². The molecule has 0 fully saturated rings. The molecule has 4 rings (SSSR count). The van der Waals surface area contributed by atoms with E-state index in [4.69, 9.17) is 4.98 Å². The molecule has 0 amide bonds. The highest BCUT2D eigenvalue weighted by Gasteiger charge is 2.25. The maximum atomic E-state index is 4.90. The average Bonchev–Trinajstić information content (AvgIpc) is 2.66. The van der Waals surface area contributed by atoms with Crippen molar-refractivity contribution in [1.82, 2.24) is 19.9 Å². The Bertz CT molecular complexity index is 1150. The van der Waals surface area contributed by atoms with E-state index in [1.54, 1.807) is 0 Å². The van der Waals surface area contributed by atoms with Gasteiger partial charge in [-0.1, -0.05) is 34.6 Å². The topological polar surface area (TPSA) is 51.6 Å². The van der Waals surface area contributed by atoms with Crippen molar-refractivity contribution < 1.29 is 0 Å². The van der Waals surface area contributed by atoms with Gasteiger partial charge in [-0.2, -0.15) is 0 Å². The van der Waals surface area contributed by atoms with Gasteiger partial charge >= 0.3 is 0 Å². The molecule has 4 heteroatoms. The van der Waals surface area contributed by atoms with E-state index in [0.29, 0.717) is 0 Å². The van der Waals surface area contributed by atoms with Crippen molar-refractivity contribution in [2.45, 2.75) is 51.9 Å². The highest BCUT2D eigenvalue weighted by Crippen LogP contribution is 2.33. The Balaban J connectivity index is 1.75. The fourth-order valence-electron chi connectivity index (χ4n) is 3.96. The Morgan fingerprint density at radius 2 is 1.50 bits per heavy atom. The summed E-state index contributed by atoms with van der Waals surface area (Å²) >= 11 is 0. The van der Waals surface area contributed by atoms with Crippen molar-refractivity contribution in [3.05, 3.63) is 71.9 Å². The van der Waals surface area contributed by atoms with E-state index in [9.17, 15) is 0 Å². The van der Waals surface area contributed by atoms with Gasteiger partial charge in [-0.25, -0.2) is 9.97 Å². The van der Waals surface area contributed by atoms with Gasteiger partial charge in [0.1, 0.15) is 0 Å². The number of hydrogen-bond acceptors (Lipinski definition) is 4. The lowest BCUT2D eigenvalue weighted by Crippen LogP contribution is -2.22. The van der Waals surface area contributed by atoms with E-state index in [2.05, 4.69) is 73.8 Å². The van der Waals surface area contributed by atoms with Gasteiger partial charge in [-0.05, 0) is 58.7 Å². The van der Waals surface area contributed by atoms with Crippen LogP contribution in [-0.4, -0.2) is 19.9 Å². The van der Waals surface area contributed by atoms with Crippen LogP contribution in [0.2, 0.25) is 0 Å². The molecule has 0 atom stereocenters. The molecule has 28 heavy (non-hydrogen) atoms. The first-order valence-electron chi connectivity index (χ1n) is 9.70. The summed E-state index contributed by atoms with van der Waals surface area (Å²) < 4.78 is 0. The number of fused-ring (bicyclic) bond motifs is 2. The first kappa shape index (κ1) is 18.5. The molecule has 142 valence electrons. The molecule has 4 aromatic heterocycles. The zero-order valence-electron chi connectivity index (χ0n) is 17.2. The molecule has 0 N–H and O–H groups in total. The maximum Gasteiger partial charge on any atom is 0.159 e. The lowest BCUT2D eigenvalue weighted by atomic mass is 9.79. The highest BCUT2D eigenvalue weighted by atomic mass is 14.8. The van der Waals surface area contributed by atoms with E-state index in [-0.39, 0.29) is 10.8 Å². The third-order valence-electron chi connectivity index (χ3n) is 5.37. The van der Waals surface area contributed by atoms with E-state index in [1.165, 1.54) is 11.1 Å². The number of hydrogen-bond donors (Lipinski definition) is 0. The summed E-state index contributed by atoms with van der Waals surface area (Å²) in [5.74, 6) is 0. The normalized spacial score (nSPS) is 12.6. The van der Waals surface area contributed by atoms with Crippen LogP contribution in [0.15, 0.2) is 55.1 Å². The van der Waals surface area contributed by atoms with Gasteiger partial charge in [0.25, 0.3) is 0 Å². The van der Waals surface area contributed by atoms with Crippen LogP contribution in [0.25, 0.3) is 21.9 Å². The van der Waals surface area contributed by atoms with Gasteiger partial charge in [0.05, 0.1) is 11.7 Å². The van der Waals surface area contributed by atoms with Crippen LogP contribution in [0.3, 0.4) is 0 Å². The minimum absolute atomic E-state index is 0.0631. The second-order valence-electron chi connectivity index (χ2n) is 9.09. The summed E-state index contributed by atoms with van der Waals surface area (Å²) in [6.45, 7) is 11.2. The summed E-state index contributed by atoms with van der Waals surface area (Å²) in [5.41, 5.74) is 5.32. The third-order valence-corrected chi connectivity index (χ3v) is 5.37. The fraction of sp³-hybridized carbons (Fsp3) is 0.333. The Labute approximate surface area is 166 Å². The summed E-state index contributed by atoms with van der Waals surface area (Å²) in [7, 11) is 0. The number of rotatable bonds is 3. The maximum absolute atomic E-state index is 4.90. The molecule has 0 spiro atoms. The molecule has 0 aliphatic carbocycles. The van der Waals surface area contributed by atoms with Crippen molar-refractivity contribution in [2.75, 3.05) is 0 Å². The first-order valence-corrected chi connectivity index (χ1v) is 9.70. The highest BCUT2D eigenvalue weighted by molar-refractivity contribution is 5.82. The fourth-order valence-corrected chi connectivity index (χ4v) is 3.96. The molecule has 0 unspecified atom stereocenters. The average molecular weight is 371 g/mol. The smallest absolute Gasteiger partial charge is 0.159 e. The Kier molecular flexibility index (Phi) is 4.37. The minimum Gasteiger partial charge on any atom is -0.262 e. The van der Waals surface area contributed by atoms with Crippen molar-refractivity contribution in [3.63, 3.8) is 0 Å². The summed E-state index contributed by atoms with van der Waals surface area (Å²) in [5, 5.41) is 2.29. The van der Waals surface area contributed by atoms with Crippen LogP contribution >= 0.6 is 0 Å². The van der Waals surface area contributed by atoms with Crippen LogP contribution in [0.5, 0.6) is 0 Å². The molecular weight excluding hydrogens is 344 g/mol. The van der Waals surface area contributed by atoms with Crippen molar-refractivity contribution in [1.29, 1.82) is 0 Å². The molecule has 0 saturated carbocycles. The Morgan fingerprint density at radius 1 is 0.750 bits per heavy atom. The number of aromatic nitrogens is 4. The third kappa shape index (κ3) is 3.35. The van der Waals surface area contributed by atoms with Crippen LogP contribution in [0.4, 0.5) is 0 Å². The van der Waals surface area contributed by atoms with Crippen molar-refractivity contribution >= 4 is 21.9 Å². The molecule has 0 saturated heterocycles. The molecule has 0 aliphatic heterocycles. The largest absolute Gasteiger partial charge is 0.262 e. The number of pyridine rings is 4. The summed E-state index contributed by atoms with van der Waals surface area (Å²) in [4.78, 5) is 18.1. The van der Waals surface area contributed by atoms with Crippen molar-refractivity contribution in [3.8, 4) is 0 Å². The van der Waals surface area contributed by atoms with Crippen molar-refractivity contribution in [2.24, 2.45) is 0 Å². The molecule has 0 radical (unpaired) electrons. The van der Waals surface area contributed by atoms with Gasteiger partial charge < -0.3 is 0 Å². The standard InChI is InChI=1S/C24H26N4/c1-23(2,3)19-9-13-27-22-18(19)7-6-16(28-22)14-24(4,5)20-10-12-26-21-15-25-11-8-17(20)21/h6-13,15H,14H2,1-5H3. The first-order chi connectivity index (χ1) is 13.3. The molecule has 0 bridgehead atoms. The molecule has 0 aliphatic rings. The van der Waals surface area contributed by atoms with Crippen LogP contribution < -0.4 is 0 Å². The van der Waals surface area contributed by atoms with Crippen LogP contribution in [0.1, 0.15) is 51.4 Å². The molecular formula is C24H26N4. The zero-order chi connectivity index (χ0) is 19.9. The molecule has 4 heterocycles. The molecule has 4 aromatic rings. The predicted molar refractivity (Wildman–Crippen MR) is 115 cm³/mol. The Morgan fingerprint density at radius 3 is 2.29 bits per heavy atom. The Hall–Kier alpha value is -2.88. The zero-order valence-corrected chi connectivity index (χ0v) is 17.2. The van der Waals surface area contributed by atoms with E-state index in [0.717, 1.165) is 34.1 Å². The van der Waals surface area contributed by atoms with Gasteiger partial charge in [0, 0.05) is 35.1 Å². The lowest BCUT2D eigenvalue weighted by molar-refractivity contribution is 0.520. The van der Waals surface area contributed by atoms with Gasteiger partial charge in [-0.15, -0.1) is 0 Å². The van der Waals surface area contributed by atoms with Gasteiger partial charge in [0.2, 0.25) is 0 Å². The second kappa shape index (κ2) is 6.62. The van der Waals surface area contributed by atoms with Crippen LogP contribution in [0, 0.1) is 0 Å². The minimum atomic E-state index is -0.0924.